The molecule has 0 saturated heterocycles. The molecule has 1 N–H and O–H groups in total. The number of oxazole rings is 2. The number of aromatic nitrogens is 2. The van der Waals surface area contributed by atoms with Crippen molar-refractivity contribution in [2.45, 2.75) is 85.6 Å². The fraction of sp³-hybridized carbons (Fsp3) is 0.349. The normalized spacial score (nSPS) is 11.4. The molecule has 6 aromatic rings. The van der Waals surface area contributed by atoms with Crippen LogP contribution in [0.3, 0.4) is 0 Å². The van der Waals surface area contributed by atoms with Crippen molar-refractivity contribution in [2.24, 2.45) is 0 Å². The van der Waals surface area contributed by atoms with Gasteiger partial charge in [-0.2, -0.15) is 0 Å². The summed E-state index contributed by atoms with van der Waals surface area (Å²) in [5.41, 5.74) is 4.14. The molecule has 0 atom stereocenters. The zero-order chi connectivity index (χ0) is 44.9. The van der Waals surface area contributed by atoms with E-state index in [4.69, 9.17) is 13.9 Å². The number of amides is 1. The number of ether oxygens (including phenoxy) is 2. The summed E-state index contributed by atoms with van der Waals surface area (Å²) >= 11 is 0. The molecule has 0 aliphatic rings. The Bertz CT molecular complexity index is 2480. The van der Waals surface area contributed by atoms with Gasteiger partial charge in [0.2, 0.25) is 5.91 Å². The Hall–Kier alpha value is -6.46. The summed E-state index contributed by atoms with van der Waals surface area (Å²) in [5, 5.41) is 8.78. The summed E-state index contributed by atoms with van der Waals surface area (Å²) in [6.45, 7) is 9.50. The summed E-state index contributed by atoms with van der Waals surface area (Å²) in [7, 11) is 0. The first-order chi connectivity index (χ1) is 28.9. The monoisotopic (exact) mass is 861 g/mol. The molecule has 2 aromatic heterocycles. The topological polar surface area (TPSA) is 146 Å². The number of aliphatic carboxylic acids is 1. The van der Waals surface area contributed by atoms with E-state index in [2.05, 4.69) is 23.3 Å². The molecule has 2 heterocycles. The maximum absolute atomic E-state index is 12.3. The summed E-state index contributed by atoms with van der Waals surface area (Å²) in [5.74, 6) is -3.01. The summed E-state index contributed by atoms with van der Waals surface area (Å²) in [4.78, 5) is 48.8. The Morgan fingerprint density at radius 1 is 0.607 bits per heavy atom. The molecule has 0 aliphatic carbocycles. The minimum atomic E-state index is -4.77. The third-order valence-corrected chi connectivity index (χ3v) is 9.10. The average molecular weight is 862 g/mol. The lowest BCUT2D eigenvalue weighted by molar-refractivity contribution is -0.275. The van der Waals surface area contributed by atoms with Gasteiger partial charge in [0.15, 0.2) is 11.2 Å². The second kappa shape index (κ2) is 21.2. The second-order valence-electron chi connectivity index (χ2n) is 13.4. The predicted molar refractivity (Wildman–Crippen MR) is 215 cm³/mol. The Morgan fingerprint density at radius 3 is 1.31 bits per heavy atom. The van der Waals surface area contributed by atoms with Crippen molar-refractivity contribution in [1.82, 2.24) is 14.0 Å². The zero-order valence-corrected chi connectivity index (χ0v) is 33.8. The molecule has 0 radical (unpaired) electrons. The van der Waals surface area contributed by atoms with E-state index in [0.717, 1.165) is 0 Å². The molecule has 0 fully saturated rings. The molecule has 61 heavy (non-hydrogen) atoms. The fourth-order valence-corrected chi connectivity index (χ4v) is 6.11. The summed E-state index contributed by atoms with van der Waals surface area (Å²) in [6.07, 6.45) is -5.54. The fourth-order valence-electron chi connectivity index (χ4n) is 6.11. The van der Waals surface area contributed by atoms with E-state index in [0.29, 0.717) is 57.5 Å². The lowest BCUT2D eigenvalue weighted by atomic mass is 10.1. The van der Waals surface area contributed by atoms with Crippen LogP contribution in [-0.4, -0.2) is 56.8 Å². The number of unbranched alkanes of at least 4 members (excludes halogenated alkanes) is 2. The third kappa shape index (κ3) is 13.8. The van der Waals surface area contributed by atoms with Gasteiger partial charge in [0, 0.05) is 32.6 Å². The number of alkyl halides is 6. The van der Waals surface area contributed by atoms with Gasteiger partial charge in [-0.05, 0) is 84.6 Å². The standard InChI is InChI=1S/C21H21F3N2O4.C17H12F3NO5.C5H12/c1-3-25(4-2)19(27)11-12-26-17-13-15(7-10-18(17)29-20(26)28)14-5-8-16(9-6-14)30-21(22,23)24;18-17(19,20)26-12-4-1-10(2-5-12)11-3-6-14-13(9-11)21(16(24)25-14)8-7-15(22)23;1-3-5-4-2/h5-10,13H,3-4,11-12H2,1-2H3;1-6,9H,7-8H2,(H,22,23);3-5H2,1-2H3. The third-order valence-electron chi connectivity index (χ3n) is 9.10. The van der Waals surface area contributed by atoms with Gasteiger partial charge < -0.3 is 28.3 Å². The number of halogens is 6. The summed E-state index contributed by atoms with van der Waals surface area (Å²) in [6, 6.07) is 20.5. The number of fused-ring (bicyclic) bond motifs is 2. The molecule has 0 bridgehead atoms. The van der Waals surface area contributed by atoms with Crippen LogP contribution in [0.5, 0.6) is 11.5 Å². The van der Waals surface area contributed by atoms with E-state index in [1.165, 1.54) is 76.9 Å². The lowest BCUT2D eigenvalue weighted by Gasteiger charge is -2.18. The van der Waals surface area contributed by atoms with Crippen LogP contribution in [0.1, 0.15) is 59.8 Å². The molecular formula is C43H45F6N3O9. The molecule has 0 spiro atoms. The van der Waals surface area contributed by atoms with Crippen molar-refractivity contribution < 1.29 is 59.3 Å². The van der Waals surface area contributed by atoms with Gasteiger partial charge in [0.05, 0.1) is 17.5 Å². The number of aryl methyl sites for hydroxylation is 2. The molecule has 328 valence electrons. The molecule has 4 aromatic carbocycles. The van der Waals surface area contributed by atoms with Crippen LogP contribution in [-0.2, 0) is 22.7 Å². The Balaban J connectivity index is 0.000000244. The number of carbonyl (C=O) groups is 2. The lowest BCUT2D eigenvalue weighted by Crippen LogP contribution is -2.31. The van der Waals surface area contributed by atoms with Crippen LogP contribution in [0.25, 0.3) is 44.5 Å². The SMILES string of the molecule is CCCCC.CCN(CC)C(=O)CCn1c(=O)oc2ccc(-c3ccc(OC(F)(F)F)cc3)cc21.O=C(O)CCn1c(=O)oc2ccc(-c3ccc(OC(F)(F)F)cc3)cc21. The van der Waals surface area contributed by atoms with E-state index in [1.807, 2.05) is 13.8 Å². The van der Waals surface area contributed by atoms with Crippen molar-refractivity contribution in [3.8, 4) is 33.8 Å². The molecule has 1 amide bonds. The van der Waals surface area contributed by atoms with Crippen LogP contribution in [0, 0.1) is 0 Å². The van der Waals surface area contributed by atoms with Crippen molar-refractivity contribution in [3.05, 3.63) is 106 Å². The number of nitrogens with zero attached hydrogens (tertiary/aromatic N) is 3. The number of hydrogen-bond acceptors (Lipinski definition) is 8. The van der Waals surface area contributed by atoms with E-state index >= 15 is 0 Å². The van der Waals surface area contributed by atoms with Gasteiger partial charge in [-0.15, -0.1) is 26.3 Å². The van der Waals surface area contributed by atoms with Gasteiger partial charge in [0.1, 0.15) is 11.5 Å². The predicted octanol–water partition coefficient (Wildman–Crippen LogP) is 10.2. The largest absolute Gasteiger partial charge is 0.573 e. The van der Waals surface area contributed by atoms with Crippen molar-refractivity contribution in [3.63, 3.8) is 0 Å². The molecule has 6 rings (SSSR count). The van der Waals surface area contributed by atoms with E-state index in [1.54, 1.807) is 41.3 Å². The summed E-state index contributed by atoms with van der Waals surface area (Å²) < 4.78 is 94.2. The van der Waals surface area contributed by atoms with Gasteiger partial charge in [0.25, 0.3) is 0 Å². The van der Waals surface area contributed by atoms with Gasteiger partial charge >= 0.3 is 30.2 Å². The Labute approximate surface area is 345 Å². The highest BCUT2D eigenvalue weighted by Gasteiger charge is 2.31. The average Bonchev–Trinajstić information content (AvgIpc) is 3.69. The van der Waals surface area contributed by atoms with Gasteiger partial charge in [-0.3, -0.25) is 18.7 Å². The molecule has 0 aliphatic heterocycles. The number of benzene rings is 4. The maximum Gasteiger partial charge on any atom is 0.573 e. The second-order valence-corrected chi connectivity index (χ2v) is 13.4. The first kappa shape index (κ1) is 47.2. The van der Waals surface area contributed by atoms with E-state index in [9.17, 15) is 45.5 Å². The molecule has 0 saturated carbocycles. The first-order valence-corrected chi connectivity index (χ1v) is 19.3. The molecule has 12 nitrogen and oxygen atoms in total. The minimum Gasteiger partial charge on any atom is -0.481 e. The van der Waals surface area contributed by atoms with Crippen molar-refractivity contribution >= 4 is 34.1 Å². The quantitative estimate of drug-likeness (QED) is 0.106. The highest BCUT2D eigenvalue weighted by molar-refractivity contribution is 5.82. The number of carbonyl (C=O) groups excluding carboxylic acids is 1. The van der Waals surface area contributed by atoms with Crippen LogP contribution in [0.4, 0.5) is 26.3 Å². The zero-order valence-electron chi connectivity index (χ0n) is 33.8. The number of carboxylic acid groups (broad SMARTS) is 1. The minimum absolute atomic E-state index is 0.0526. The van der Waals surface area contributed by atoms with Crippen LogP contribution < -0.4 is 21.0 Å². The number of hydrogen-bond donors (Lipinski definition) is 1. The molecule has 18 heteroatoms. The molecular weight excluding hydrogens is 816 g/mol. The highest BCUT2D eigenvalue weighted by atomic mass is 19.4. The van der Waals surface area contributed by atoms with E-state index < -0.39 is 30.2 Å². The number of carboxylic acids is 1. The molecule has 0 unspecified atom stereocenters. The van der Waals surface area contributed by atoms with Crippen molar-refractivity contribution in [1.29, 1.82) is 0 Å². The first-order valence-electron chi connectivity index (χ1n) is 19.3. The maximum atomic E-state index is 12.3. The van der Waals surface area contributed by atoms with Crippen LogP contribution >= 0.6 is 0 Å². The number of rotatable bonds is 14. The van der Waals surface area contributed by atoms with Crippen LogP contribution in [0.15, 0.2) is 103 Å². The van der Waals surface area contributed by atoms with Crippen LogP contribution in [0.2, 0.25) is 0 Å². The van der Waals surface area contributed by atoms with Crippen molar-refractivity contribution in [2.75, 3.05) is 13.1 Å². The highest BCUT2D eigenvalue weighted by Crippen LogP contribution is 2.30. The Kier molecular flexibility index (Phi) is 16.4. The Morgan fingerprint density at radius 2 is 0.984 bits per heavy atom. The van der Waals surface area contributed by atoms with Gasteiger partial charge in [-0.1, -0.05) is 69.5 Å². The van der Waals surface area contributed by atoms with Gasteiger partial charge in [-0.25, -0.2) is 9.59 Å². The van der Waals surface area contributed by atoms with E-state index in [-0.39, 0.29) is 43.3 Å². The smallest absolute Gasteiger partial charge is 0.481 e.